The molecule has 0 aromatic carbocycles. The molecule has 1 unspecified atom stereocenters. The molecule has 1 fully saturated rings. The van der Waals surface area contributed by atoms with Crippen molar-refractivity contribution in [3.63, 3.8) is 0 Å². The minimum atomic E-state index is -0.527. The second kappa shape index (κ2) is 5.31. The Bertz CT molecular complexity index is 288. The Balaban J connectivity index is 2.68. The van der Waals surface area contributed by atoms with Crippen LogP contribution in [0.15, 0.2) is 0 Å². The minimum Gasteiger partial charge on any atom is -0.444 e. The van der Waals surface area contributed by atoms with Crippen molar-refractivity contribution >= 4 is 32.5 Å². The van der Waals surface area contributed by atoms with Gasteiger partial charge in [-0.05, 0) is 20.8 Å². The van der Waals surface area contributed by atoms with Gasteiger partial charge in [0.25, 0.3) is 0 Å². The van der Waals surface area contributed by atoms with Crippen LogP contribution in [0.5, 0.6) is 0 Å². The lowest BCUT2D eigenvalue weighted by atomic mass is 10.2. The summed E-state index contributed by atoms with van der Waals surface area (Å²) in [6, 6.07) is -0.413. The summed E-state index contributed by atoms with van der Waals surface area (Å²) in [6.45, 7) is 7.14. The van der Waals surface area contributed by atoms with Gasteiger partial charge in [-0.15, -0.1) is 0 Å². The Morgan fingerprint density at radius 2 is 2.06 bits per heavy atom. The lowest BCUT2D eigenvalue weighted by molar-refractivity contribution is -0.114. The highest BCUT2D eigenvalue weighted by Crippen LogP contribution is 2.15. The van der Waals surface area contributed by atoms with Gasteiger partial charge in [0.2, 0.25) is 3.79 Å². The molecule has 16 heavy (non-hydrogen) atoms. The SMILES string of the molecule is CC(C)(C)OC(=O)N1CCNCC1C(=O)I. The number of hydrogen-bond acceptors (Lipinski definition) is 4. The van der Waals surface area contributed by atoms with Gasteiger partial charge in [0.05, 0.1) is 0 Å². The molecule has 0 spiro atoms. The molecule has 1 saturated heterocycles. The van der Waals surface area contributed by atoms with Crippen molar-refractivity contribution < 1.29 is 14.3 Å². The topological polar surface area (TPSA) is 58.6 Å². The number of amides is 1. The van der Waals surface area contributed by atoms with Gasteiger partial charge in [-0.2, -0.15) is 0 Å². The van der Waals surface area contributed by atoms with E-state index in [4.69, 9.17) is 4.74 Å². The summed E-state index contributed by atoms with van der Waals surface area (Å²) < 4.78 is 5.22. The quantitative estimate of drug-likeness (QED) is 0.575. The summed E-state index contributed by atoms with van der Waals surface area (Å²) >= 11 is 1.72. The van der Waals surface area contributed by atoms with Crippen LogP contribution in [0, 0.1) is 0 Å². The van der Waals surface area contributed by atoms with Crippen LogP contribution in [-0.4, -0.2) is 46.1 Å². The maximum atomic E-state index is 11.8. The summed E-state index contributed by atoms with van der Waals surface area (Å²) in [5.41, 5.74) is -0.527. The molecule has 1 heterocycles. The summed E-state index contributed by atoms with van der Waals surface area (Å²) in [5, 5.41) is 3.09. The van der Waals surface area contributed by atoms with E-state index in [9.17, 15) is 9.59 Å². The molecule has 92 valence electrons. The summed E-state index contributed by atoms with van der Waals surface area (Å²) in [6.07, 6.45) is -0.413. The average Bonchev–Trinajstić information content (AvgIpc) is 2.15. The van der Waals surface area contributed by atoms with Crippen molar-refractivity contribution in [2.75, 3.05) is 19.6 Å². The zero-order valence-corrected chi connectivity index (χ0v) is 11.9. The molecule has 0 aromatic rings. The lowest BCUT2D eigenvalue weighted by Gasteiger charge is -2.35. The average molecular weight is 340 g/mol. The summed E-state index contributed by atoms with van der Waals surface area (Å²) in [5.74, 6) is 0. The lowest BCUT2D eigenvalue weighted by Crippen LogP contribution is -2.56. The van der Waals surface area contributed by atoms with Crippen LogP contribution in [-0.2, 0) is 9.53 Å². The number of nitrogens with zero attached hydrogens (tertiary/aromatic N) is 1. The van der Waals surface area contributed by atoms with Crippen molar-refractivity contribution in [2.45, 2.75) is 32.4 Å². The summed E-state index contributed by atoms with van der Waals surface area (Å²) in [4.78, 5) is 24.7. The van der Waals surface area contributed by atoms with Crippen LogP contribution < -0.4 is 5.32 Å². The van der Waals surface area contributed by atoms with E-state index in [-0.39, 0.29) is 3.79 Å². The maximum absolute atomic E-state index is 11.8. The number of rotatable bonds is 1. The van der Waals surface area contributed by atoms with E-state index in [1.807, 2.05) is 20.8 Å². The Kier molecular flexibility index (Phi) is 4.54. The molecule has 0 aromatic heterocycles. The predicted octanol–water partition coefficient (Wildman–Crippen LogP) is 1.16. The Labute approximate surface area is 109 Å². The molecular weight excluding hydrogens is 323 g/mol. The van der Waals surface area contributed by atoms with Crippen molar-refractivity contribution in [1.29, 1.82) is 0 Å². The number of hydrogen-bond donors (Lipinski definition) is 1. The molecule has 0 radical (unpaired) electrons. The van der Waals surface area contributed by atoms with Crippen molar-refractivity contribution in [3.8, 4) is 0 Å². The number of ether oxygens (including phenoxy) is 1. The molecule has 0 saturated carbocycles. The van der Waals surface area contributed by atoms with Gasteiger partial charge in [-0.25, -0.2) is 4.79 Å². The molecule has 1 N–H and O–H groups in total. The molecule has 1 amide bonds. The van der Waals surface area contributed by atoms with Gasteiger partial charge in [-0.1, -0.05) is 0 Å². The third-order valence-corrected chi connectivity index (χ3v) is 2.85. The Morgan fingerprint density at radius 3 is 2.56 bits per heavy atom. The van der Waals surface area contributed by atoms with Crippen molar-refractivity contribution in [2.24, 2.45) is 0 Å². The van der Waals surface area contributed by atoms with Crippen LogP contribution in [0.3, 0.4) is 0 Å². The normalized spacial score (nSPS) is 21.8. The highest BCUT2D eigenvalue weighted by Gasteiger charge is 2.33. The predicted molar refractivity (Wildman–Crippen MR) is 68.6 cm³/mol. The van der Waals surface area contributed by atoms with Gasteiger partial charge >= 0.3 is 6.09 Å². The number of halogens is 1. The highest BCUT2D eigenvalue weighted by molar-refractivity contribution is 14.1. The smallest absolute Gasteiger partial charge is 0.411 e. The number of carbonyl (C=O) groups is 2. The van der Waals surface area contributed by atoms with Gasteiger partial charge in [0.15, 0.2) is 0 Å². The first-order valence-corrected chi connectivity index (χ1v) is 6.29. The van der Waals surface area contributed by atoms with E-state index in [1.165, 1.54) is 4.90 Å². The first-order valence-electron chi connectivity index (χ1n) is 5.21. The molecule has 1 aliphatic heterocycles. The van der Waals surface area contributed by atoms with E-state index in [0.717, 1.165) is 0 Å². The van der Waals surface area contributed by atoms with E-state index in [1.54, 1.807) is 22.6 Å². The monoisotopic (exact) mass is 340 g/mol. The van der Waals surface area contributed by atoms with Gasteiger partial charge < -0.3 is 10.1 Å². The van der Waals surface area contributed by atoms with Crippen LogP contribution in [0.25, 0.3) is 0 Å². The molecular formula is C10H17IN2O3. The van der Waals surface area contributed by atoms with E-state index in [0.29, 0.717) is 19.6 Å². The van der Waals surface area contributed by atoms with Crippen LogP contribution in [0.2, 0.25) is 0 Å². The number of carbonyl (C=O) groups excluding carboxylic acids is 2. The maximum Gasteiger partial charge on any atom is 0.411 e. The highest BCUT2D eigenvalue weighted by atomic mass is 127. The number of piperazine rings is 1. The van der Waals surface area contributed by atoms with Crippen LogP contribution >= 0.6 is 22.6 Å². The van der Waals surface area contributed by atoms with Crippen molar-refractivity contribution in [1.82, 2.24) is 10.2 Å². The summed E-state index contributed by atoms with van der Waals surface area (Å²) in [7, 11) is 0. The third-order valence-electron chi connectivity index (χ3n) is 2.13. The Morgan fingerprint density at radius 1 is 1.44 bits per heavy atom. The first-order chi connectivity index (χ1) is 7.31. The molecule has 0 bridgehead atoms. The second-order valence-electron chi connectivity index (χ2n) is 4.70. The van der Waals surface area contributed by atoms with Gasteiger partial charge in [-0.3, -0.25) is 9.69 Å². The van der Waals surface area contributed by atoms with Gasteiger partial charge in [0.1, 0.15) is 11.6 Å². The first kappa shape index (κ1) is 13.7. The van der Waals surface area contributed by atoms with Gasteiger partial charge in [0, 0.05) is 42.2 Å². The second-order valence-corrected chi connectivity index (χ2v) is 5.76. The third kappa shape index (κ3) is 3.89. The molecule has 1 aliphatic rings. The number of nitrogens with one attached hydrogen (secondary N) is 1. The zero-order valence-electron chi connectivity index (χ0n) is 9.75. The van der Waals surface area contributed by atoms with E-state index < -0.39 is 17.7 Å². The fourth-order valence-corrected chi connectivity index (χ4v) is 2.00. The largest absolute Gasteiger partial charge is 0.444 e. The van der Waals surface area contributed by atoms with Crippen molar-refractivity contribution in [3.05, 3.63) is 0 Å². The minimum absolute atomic E-state index is 0.0457. The Hall–Kier alpha value is -0.370. The van der Waals surface area contributed by atoms with Crippen LogP contribution in [0.1, 0.15) is 20.8 Å². The molecule has 5 nitrogen and oxygen atoms in total. The van der Waals surface area contributed by atoms with Crippen LogP contribution in [0.4, 0.5) is 4.79 Å². The zero-order chi connectivity index (χ0) is 12.3. The van der Waals surface area contributed by atoms with E-state index in [2.05, 4.69) is 5.32 Å². The molecule has 6 heteroatoms. The standard InChI is InChI=1S/C10H17IN2O3/c1-10(2,3)16-9(15)13-5-4-12-6-7(13)8(11)14/h7,12H,4-6H2,1-3H3. The molecule has 1 atom stereocenters. The molecule has 1 rings (SSSR count). The van der Waals surface area contributed by atoms with E-state index >= 15 is 0 Å². The molecule has 0 aliphatic carbocycles. The fourth-order valence-electron chi connectivity index (χ4n) is 1.45. The fraction of sp³-hybridized carbons (Fsp3) is 0.800.